The van der Waals surface area contributed by atoms with E-state index in [1.807, 2.05) is 0 Å². The molecule has 0 aromatic heterocycles. The molecule has 21 heavy (non-hydrogen) atoms. The lowest BCUT2D eigenvalue weighted by molar-refractivity contribution is 0.737. The molecule has 0 atom stereocenters. The van der Waals surface area contributed by atoms with Gasteiger partial charge in [0.1, 0.15) is 0 Å². The van der Waals surface area contributed by atoms with Crippen LogP contribution in [-0.2, 0) is 0 Å². The second kappa shape index (κ2) is 13.7. The van der Waals surface area contributed by atoms with E-state index in [4.69, 9.17) is 0 Å². The maximum absolute atomic E-state index is 2.24. The minimum absolute atomic E-state index is 0. The van der Waals surface area contributed by atoms with Gasteiger partial charge in [-0.2, -0.15) is 0 Å². The molecule has 0 saturated carbocycles. The molecule has 2 aromatic rings. The lowest BCUT2D eigenvalue weighted by atomic mass is 9.96. The van der Waals surface area contributed by atoms with Gasteiger partial charge in [-0.3, -0.25) is 0 Å². The maximum atomic E-state index is 2.24. The molecule has 0 heterocycles. The molecule has 0 fully saturated rings. The van der Waals surface area contributed by atoms with Gasteiger partial charge >= 0.3 is 0 Å². The van der Waals surface area contributed by atoms with Crippen LogP contribution >= 0.6 is 0 Å². The Hall–Kier alpha value is -1.30. The average Bonchev–Trinajstić information content (AvgIpc) is 2.27. The van der Waals surface area contributed by atoms with Crippen molar-refractivity contribution in [3.05, 3.63) is 48.0 Å². The summed E-state index contributed by atoms with van der Waals surface area (Å²) < 4.78 is 0. The van der Waals surface area contributed by atoms with Crippen LogP contribution in [0.2, 0.25) is 0 Å². The van der Waals surface area contributed by atoms with Gasteiger partial charge in [-0.1, -0.05) is 107 Å². The van der Waals surface area contributed by atoms with Crippen molar-refractivity contribution in [3.63, 3.8) is 0 Å². The van der Waals surface area contributed by atoms with E-state index in [2.05, 4.69) is 77.1 Å². The van der Waals surface area contributed by atoms with E-state index in [0.717, 1.165) is 5.92 Å². The van der Waals surface area contributed by atoms with Gasteiger partial charge in [0.2, 0.25) is 0 Å². The van der Waals surface area contributed by atoms with E-state index in [-0.39, 0.29) is 29.7 Å². The molecule has 0 N–H and O–H groups in total. The van der Waals surface area contributed by atoms with Gasteiger partial charge in [0.05, 0.1) is 0 Å². The van der Waals surface area contributed by atoms with Crippen LogP contribution in [0.15, 0.2) is 42.5 Å². The third-order valence-corrected chi connectivity index (χ3v) is 2.45. The number of fused-ring (bicyclic) bond motifs is 1. The van der Waals surface area contributed by atoms with E-state index < -0.39 is 0 Å². The first kappa shape index (κ1) is 27.9. The minimum Gasteiger partial charge on any atom is -0.0776 e. The molecule has 0 nitrogen and oxygen atoms in total. The zero-order valence-electron chi connectivity index (χ0n) is 11.7. The fraction of sp³-hybridized carbons (Fsp3) is 0.524. The summed E-state index contributed by atoms with van der Waals surface area (Å²) in [4.78, 5) is 0. The summed E-state index contributed by atoms with van der Waals surface area (Å²) in [7, 11) is 0. The summed E-state index contributed by atoms with van der Waals surface area (Å²) in [6.45, 7) is 11.0. The van der Waals surface area contributed by atoms with Crippen LogP contribution in [0, 0.1) is 5.92 Å². The topological polar surface area (TPSA) is 0 Å². The Bertz CT molecular complexity index is 444. The fourth-order valence-corrected chi connectivity index (χ4v) is 1.75. The van der Waals surface area contributed by atoms with Gasteiger partial charge in [0, 0.05) is 0 Å². The Morgan fingerprint density at radius 3 is 1.52 bits per heavy atom. The van der Waals surface area contributed by atoms with Crippen molar-refractivity contribution >= 4 is 10.8 Å². The van der Waals surface area contributed by atoms with Crippen LogP contribution in [0.5, 0.6) is 0 Å². The monoisotopic (exact) mass is 292 g/mol. The smallest absolute Gasteiger partial charge is 0.0149 e. The summed E-state index contributed by atoms with van der Waals surface area (Å²) in [5.41, 5.74) is 1.44. The third kappa shape index (κ3) is 9.28. The van der Waals surface area contributed by atoms with Crippen molar-refractivity contribution in [2.24, 2.45) is 5.92 Å². The summed E-state index contributed by atoms with van der Waals surface area (Å²) in [5, 5.41) is 2.73. The van der Waals surface area contributed by atoms with Gasteiger partial charge in [-0.15, -0.1) is 0 Å². The lowest BCUT2D eigenvalue weighted by Gasteiger charge is -2.08. The molecule has 2 aromatic carbocycles. The summed E-state index contributed by atoms with van der Waals surface area (Å²) in [5.74, 6) is 1.44. The zero-order valence-corrected chi connectivity index (χ0v) is 11.7. The first-order valence-electron chi connectivity index (χ1n) is 6.50. The predicted octanol–water partition coefficient (Wildman–Crippen LogP) is 8.17. The Labute approximate surface area is 135 Å². The Morgan fingerprint density at radius 2 is 1.05 bits per heavy atom. The van der Waals surface area contributed by atoms with Crippen LogP contribution < -0.4 is 0 Å². The highest BCUT2D eigenvalue weighted by molar-refractivity contribution is 5.86. The molecule has 2 rings (SSSR count). The molecule has 0 radical (unpaired) electrons. The fourth-order valence-electron chi connectivity index (χ4n) is 1.75. The quantitative estimate of drug-likeness (QED) is 0.497. The third-order valence-electron chi connectivity index (χ3n) is 2.45. The zero-order chi connectivity index (χ0) is 12.8. The van der Waals surface area contributed by atoms with Crippen molar-refractivity contribution in [1.82, 2.24) is 0 Å². The normalized spacial score (nSPS) is 8.52. The molecule has 0 spiro atoms. The Balaban J connectivity index is -0.000000164. The molecule has 0 amide bonds. The lowest BCUT2D eigenvalue weighted by Crippen LogP contribution is -1.88. The van der Waals surface area contributed by atoms with E-state index in [1.54, 1.807) is 0 Å². The van der Waals surface area contributed by atoms with Crippen LogP contribution in [0.25, 0.3) is 10.8 Å². The predicted molar refractivity (Wildman–Crippen MR) is 105 cm³/mol. The molecule has 0 aliphatic heterocycles. The molecule has 124 valence electrons. The SMILES string of the molecule is C.C.C.C.CC(C)C.CC(C)c1cccc2ccccc12. The van der Waals surface area contributed by atoms with Gasteiger partial charge in [0.15, 0.2) is 0 Å². The molecule has 0 aliphatic carbocycles. The van der Waals surface area contributed by atoms with Gasteiger partial charge in [0.25, 0.3) is 0 Å². The van der Waals surface area contributed by atoms with Gasteiger partial charge < -0.3 is 0 Å². The number of rotatable bonds is 1. The summed E-state index contributed by atoms with van der Waals surface area (Å²) in [6, 6.07) is 15.1. The summed E-state index contributed by atoms with van der Waals surface area (Å²) in [6.07, 6.45) is 0. The van der Waals surface area contributed by atoms with E-state index in [0.29, 0.717) is 5.92 Å². The maximum Gasteiger partial charge on any atom is -0.0149 e. The number of hydrogen-bond acceptors (Lipinski definition) is 0. The number of benzene rings is 2. The summed E-state index contributed by atoms with van der Waals surface area (Å²) >= 11 is 0. The van der Waals surface area contributed by atoms with Crippen LogP contribution in [0.1, 0.15) is 75.8 Å². The van der Waals surface area contributed by atoms with Crippen molar-refractivity contribution in [2.75, 3.05) is 0 Å². The molecule has 0 saturated heterocycles. The second-order valence-corrected chi connectivity index (χ2v) is 5.46. The van der Waals surface area contributed by atoms with Crippen LogP contribution in [0.3, 0.4) is 0 Å². The largest absolute Gasteiger partial charge is 0.0776 e. The van der Waals surface area contributed by atoms with Crippen LogP contribution in [0.4, 0.5) is 0 Å². The van der Waals surface area contributed by atoms with Crippen molar-refractivity contribution in [3.8, 4) is 0 Å². The van der Waals surface area contributed by atoms with Crippen molar-refractivity contribution in [2.45, 2.75) is 70.2 Å². The van der Waals surface area contributed by atoms with E-state index in [1.165, 1.54) is 16.3 Å². The van der Waals surface area contributed by atoms with E-state index >= 15 is 0 Å². The first-order chi connectivity index (χ1) is 8.02. The molecular formula is C21H40. The second-order valence-electron chi connectivity index (χ2n) is 5.46. The van der Waals surface area contributed by atoms with E-state index in [9.17, 15) is 0 Å². The highest BCUT2D eigenvalue weighted by Gasteiger charge is 2.02. The Kier molecular flexibility index (Phi) is 18.2. The molecule has 0 heteroatoms. The molecule has 0 unspecified atom stereocenters. The minimum atomic E-state index is 0. The molecular weight excluding hydrogens is 252 g/mol. The highest BCUT2D eigenvalue weighted by atomic mass is 14.1. The standard InChI is InChI=1S/C13H14.C4H10.4CH4/c1-10(2)12-9-5-7-11-6-3-4-8-13(11)12;1-4(2)3;;;;/h3-10H,1-2H3;4H,1-3H3;4*1H4. The number of hydrogen-bond donors (Lipinski definition) is 0. The van der Waals surface area contributed by atoms with Gasteiger partial charge in [-0.05, 0) is 28.2 Å². The van der Waals surface area contributed by atoms with Crippen molar-refractivity contribution in [1.29, 1.82) is 0 Å². The molecule has 0 bridgehead atoms. The van der Waals surface area contributed by atoms with Crippen LogP contribution in [-0.4, -0.2) is 0 Å². The first-order valence-corrected chi connectivity index (χ1v) is 6.50. The molecule has 0 aliphatic rings. The average molecular weight is 293 g/mol. The van der Waals surface area contributed by atoms with Gasteiger partial charge in [-0.25, -0.2) is 0 Å². The van der Waals surface area contributed by atoms with Crippen molar-refractivity contribution < 1.29 is 0 Å². The highest BCUT2D eigenvalue weighted by Crippen LogP contribution is 2.24. The Morgan fingerprint density at radius 1 is 0.619 bits per heavy atom.